The molecule has 0 aromatic carbocycles. The lowest BCUT2D eigenvalue weighted by Gasteiger charge is -2.13. The molecule has 0 bridgehead atoms. The molecule has 0 spiro atoms. The van der Waals surface area contributed by atoms with Gasteiger partial charge >= 0.3 is 11.9 Å². The standard InChI is InChI=1S/C8H14N2O5/c1-4(8(14)15)10-7(13)5(9)2-3-6(11)12/h4-5H,2-3,9H2,1H3,(H,10,13)(H,11,12)(H,14,15)/t4-,5?/m0/s1. The van der Waals surface area contributed by atoms with Gasteiger partial charge in [-0.3, -0.25) is 14.4 Å². The van der Waals surface area contributed by atoms with Gasteiger partial charge in [0, 0.05) is 6.42 Å². The van der Waals surface area contributed by atoms with Gasteiger partial charge in [-0.15, -0.1) is 0 Å². The number of carboxylic acid groups (broad SMARTS) is 2. The summed E-state index contributed by atoms with van der Waals surface area (Å²) in [5, 5.41) is 19.0. The van der Waals surface area contributed by atoms with E-state index in [1.54, 1.807) is 0 Å². The maximum Gasteiger partial charge on any atom is 0.325 e. The molecule has 0 saturated carbocycles. The molecule has 0 heterocycles. The third-order valence-corrected chi connectivity index (χ3v) is 1.74. The number of carbonyl (C=O) groups excluding carboxylic acids is 1. The van der Waals surface area contributed by atoms with Crippen molar-refractivity contribution in [2.75, 3.05) is 0 Å². The van der Waals surface area contributed by atoms with Crippen LogP contribution in [0.2, 0.25) is 0 Å². The average molecular weight is 218 g/mol. The molecule has 0 aromatic heterocycles. The van der Waals surface area contributed by atoms with Crippen LogP contribution in [-0.2, 0) is 14.4 Å². The highest BCUT2D eigenvalue weighted by Crippen LogP contribution is 1.95. The van der Waals surface area contributed by atoms with Crippen LogP contribution in [0.3, 0.4) is 0 Å². The lowest BCUT2D eigenvalue weighted by atomic mass is 10.1. The Kier molecular flexibility index (Phi) is 5.32. The Morgan fingerprint density at radius 1 is 1.33 bits per heavy atom. The van der Waals surface area contributed by atoms with Crippen LogP contribution in [0.15, 0.2) is 0 Å². The Morgan fingerprint density at radius 2 is 1.87 bits per heavy atom. The number of carboxylic acids is 2. The molecule has 2 atom stereocenters. The summed E-state index contributed by atoms with van der Waals surface area (Å²) in [6, 6.07) is -2.03. The number of amides is 1. The van der Waals surface area contributed by atoms with Gasteiger partial charge in [-0.25, -0.2) is 0 Å². The molecule has 15 heavy (non-hydrogen) atoms. The molecule has 0 radical (unpaired) electrons. The molecule has 7 heteroatoms. The van der Waals surface area contributed by atoms with E-state index in [0.717, 1.165) is 0 Å². The highest BCUT2D eigenvalue weighted by Gasteiger charge is 2.19. The summed E-state index contributed by atoms with van der Waals surface area (Å²) in [5.41, 5.74) is 5.35. The second-order valence-electron chi connectivity index (χ2n) is 3.11. The molecule has 1 amide bonds. The summed E-state index contributed by atoms with van der Waals surface area (Å²) in [5.74, 6) is -2.88. The van der Waals surface area contributed by atoms with E-state index in [0.29, 0.717) is 0 Å². The van der Waals surface area contributed by atoms with Crippen molar-refractivity contribution in [2.45, 2.75) is 31.8 Å². The average Bonchev–Trinajstić information content (AvgIpc) is 2.13. The maximum absolute atomic E-state index is 11.2. The monoisotopic (exact) mass is 218 g/mol. The fourth-order valence-corrected chi connectivity index (χ4v) is 0.792. The van der Waals surface area contributed by atoms with Crippen molar-refractivity contribution in [3.05, 3.63) is 0 Å². The second kappa shape index (κ2) is 5.97. The Balaban J connectivity index is 3.99. The minimum Gasteiger partial charge on any atom is -0.481 e. The van der Waals surface area contributed by atoms with Gasteiger partial charge in [-0.2, -0.15) is 0 Å². The van der Waals surface area contributed by atoms with E-state index in [1.807, 2.05) is 0 Å². The van der Waals surface area contributed by atoms with Crippen molar-refractivity contribution < 1.29 is 24.6 Å². The van der Waals surface area contributed by atoms with Crippen molar-refractivity contribution >= 4 is 17.8 Å². The van der Waals surface area contributed by atoms with Crippen molar-refractivity contribution in [1.82, 2.24) is 5.32 Å². The first-order chi connectivity index (χ1) is 6.84. The Bertz CT molecular complexity index is 266. The van der Waals surface area contributed by atoms with E-state index < -0.39 is 29.9 Å². The molecule has 0 saturated heterocycles. The van der Waals surface area contributed by atoms with E-state index in [-0.39, 0.29) is 12.8 Å². The minimum absolute atomic E-state index is 0.0203. The van der Waals surface area contributed by atoms with Crippen molar-refractivity contribution in [3.8, 4) is 0 Å². The van der Waals surface area contributed by atoms with Gasteiger partial charge in [0.25, 0.3) is 0 Å². The van der Waals surface area contributed by atoms with Crippen LogP contribution in [-0.4, -0.2) is 40.1 Å². The SMILES string of the molecule is C[C@H](NC(=O)C(N)CCC(=O)O)C(=O)O. The number of rotatable bonds is 6. The molecule has 86 valence electrons. The van der Waals surface area contributed by atoms with Gasteiger partial charge < -0.3 is 21.3 Å². The van der Waals surface area contributed by atoms with Gasteiger partial charge in [0.15, 0.2) is 0 Å². The largest absolute Gasteiger partial charge is 0.481 e. The first-order valence-corrected chi connectivity index (χ1v) is 4.35. The quantitative estimate of drug-likeness (QED) is 0.441. The number of aliphatic carboxylic acids is 2. The summed E-state index contributed by atoms with van der Waals surface area (Å²) in [6.07, 6.45) is -0.246. The summed E-state index contributed by atoms with van der Waals surface area (Å²) in [6.45, 7) is 1.30. The molecule has 5 N–H and O–H groups in total. The number of hydrogen-bond donors (Lipinski definition) is 4. The Hall–Kier alpha value is -1.63. The second-order valence-corrected chi connectivity index (χ2v) is 3.11. The van der Waals surface area contributed by atoms with E-state index in [2.05, 4.69) is 5.32 Å². The molecular formula is C8H14N2O5. The number of hydrogen-bond acceptors (Lipinski definition) is 4. The topological polar surface area (TPSA) is 130 Å². The van der Waals surface area contributed by atoms with Crippen LogP contribution in [0.1, 0.15) is 19.8 Å². The van der Waals surface area contributed by atoms with Crippen molar-refractivity contribution in [3.63, 3.8) is 0 Å². The van der Waals surface area contributed by atoms with Crippen LogP contribution in [0, 0.1) is 0 Å². The Morgan fingerprint density at radius 3 is 2.27 bits per heavy atom. The predicted molar refractivity (Wildman–Crippen MR) is 50.1 cm³/mol. The molecule has 0 rings (SSSR count). The number of carbonyl (C=O) groups is 3. The van der Waals surface area contributed by atoms with Gasteiger partial charge in [-0.1, -0.05) is 0 Å². The molecule has 1 unspecified atom stereocenters. The maximum atomic E-state index is 11.2. The van der Waals surface area contributed by atoms with Crippen LogP contribution in [0.5, 0.6) is 0 Å². The van der Waals surface area contributed by atoms with Gasteiger partial charge in [0.05, 0.1) is 6.04 Å². The fraction of sp³-hybridized carbons (Fsp3) is 0.625. The predicted octanol–water partition coefficient (Wildman–Crippen LogP) is -1.23. The van der Waals surface area contributed by atoms with Crippen LogP contribution >= 0.6 is 0 Å². The van der Waals surface area contributed by atoms with Crippen molar-refractivity contribution in [1.29, 1.82) is 0 Å². The summed E-state index contributed by atoms with van der Waals surface area (Å²) >= 11 is 0. The summed E-state index contributed by atoms with van der Waals surface area (Å²) < 4.78 is 0. The molecule has 0 aliphatic heterocycles. The van der Waals surface area contributed by atoms with Crippen molar-refractivity contribution in [2.24, 2.45) is 5.73 Å². The zero-order valence-electron chi connectivity index (χ0n) is 8.27. The van der Waals surface area contributed by atoms with E-state index >= 15 is 0 Å². The number of nitrogens with one attached hydrogen (secondary N) is 1. The van der Waals surface area contributed by atoms with Gasteiger partial charge in [0.1, 0.15) is 6.04 Å². The third-order valence-electron chi connectivity index (χ3n) is 1.74. The van der Waals surface area contributed by atoms with Crippen LogP contribution < -0.4 is 11.1 Å². The highest BCUT2D eigenvalue weighted by atomic mass is 16.4. The smallest absolute Gasteiger partial charge is 0.325 e. The zero-order valence-corrected chi connectivity index (χ0v) is 8.27. The lowest BCUT2D eigenvalue weighted by Crippen LogP contribution is -2.47. The molecule has 0 aliphatic carbocycles. The zero-order chi connectivity index (χ0) is 12.0. The third kappa shape index (κ3) is 5.63. The normalized spacial score (nSPS) is 14.0. The number of nitrogens with two attached hydrogens (primary N) is 1. The van der Waals surface area contributed by atoms with E-state index in [9.17, 15) is 14.4 Å². The van der Waals surface area contributed by atoms with Crippen LogP contribution in [0.25, 0.3) is 0 Å². The lowest BCUT2D eigenvalue weighted by molar-refractivity contribution is -0.142. The molecule has 0 aliphatic rings. The molecule has 0 aromatic rings. The Labute approximate surface area is 86.3 Å². The van der Waals surface area contributed by atoms with E-state index in [4.69, 9.17) is 15.9 Å². The summed E-state index contributed by atoms with van der Waals surface area (Å²) in [7, 11) is 0. The first kappa shape index (κ1) is 13.4. The van der Waals surface area contributed by atoms with Gasteiger partial charge in [0.2, 0.25) is 5.91 Å². The molecule has 0 fully saturated rings. The molecule has 7 nitrogen and oxygen atoms in total. The summed E-state index contributed by atoms with van der Waals surface area (Å²) in [4.78, 5) is 31.7. The minimum atomic E-state index is -1.17. The molecular weight excluding hydrogens is 204 g/mol. The fourth-order valence-electron chi connectivity index (χ4n) is 0.792. The van der Waals surface area contributed by atoms with E-state index in [1.165, 1.54) is 6.92 Å². The highest BCUT2D eigenvalue weighted by molar-refractivity contribution is 5.86. The van der Waals surface area contributed by atoms with Crippen LogP contribution in [0.4, 0.5) is 0 Å². The first-order valence-electron chi connectivity index (χ1n) is 4.35. The van der Waals surface area contributed by atoms with Gasteiger partial charge in [-0.05, 0) is 13.3 Å².